The molecule has 0 bridgehead atoms. The first-order valence-corrected chi connectivity index (χ1v) is 18.8. The predicted octanol–water partition coefficient (Wildman–Crippen LogP) is -1.37. The van der Waals surface area contributed by atoms with Gasteiger partial charge in [-0.1, -0.05) is 125 Å². The fraction of sp³-hybridized carbons (Fsp3) is 0. The Balaban J connectivity index is 1.39. The second-order valence-electron chi connectivity index (χ2n) is 15.0. The molecule has 1 aromatic heterocycles. The Morgan fingerprint density at radius 3 is 1.36 bits per heavy atom. The van der Waals surface area contributed by atoms with E-state index in [1.165, 1.54) is 110 Å². The van der Waals surface area contributed by atoms with Gasteiger partial charge in [-0.2, -0.15) is 0 Å². The van der Waals surface area contributed by atoms with Crippen LogP contribution in [0.4, 0.5) is 0 Å². The van der Waals surface area contributed by atoms with Crippen molar-refractivity contribution < 1.29 is 4.42 Å². The van der Waals surface area contributed by atoms with Gasteiger partial charge >= 0.3 is 0 Å². The van der Waals surface area contributed by atoms with E-state index in [-0.39, 0.29) is 0 Å². The molecule has 0 saturated heterocycles. The lowest BCUT2D eigenvalue weighted by Crippen LogP contribution is -2.50. The highest BCUT2D eigenvalue weighted by molar-refractivity contribution is 6.71. The molecule has 242 valence electrons. The van der Waals surface area contributed by atoms with Gasteiger partial charge in [0.1, 0.15) is 73.9 Å². The van der Waals surface area contributed by atoms with Crippen molar-refractivity contribution in [1.82, 2.24) is 0 Å². The Kier molecular flexibility index (Phi) is 7.97. The predicted molar refractivity (Wildman–Crippen MR) is 256 cm³/mol. The van der Waals surface area contributed by atoms with Crippen molar-refractivity contribution in [2.45, 2.75) is 0 Å². The van der Waals surface area contributed by atoms with E-state index in [0.717, 1.165) is 21.9 Å². The highest BCUT2D eigenvalue weighted by Gasteiger charge is 2.26. The summed E-state index contributed by atoms with van der Waals surface area (Å²) < 4.78 is 6.15. The summed E-state index contributed by atoms with van der Waals surface area (Å²) in [6.07, 6.45) is 0. The number of fused-ring (bicyclic) bond motifs is 5. The first-order chi connectivity index (χ1) is 25.7. The first-order valence-electron chi connectivity index (χ1n) is 18.8. The van der Waals surface area contributed by atoms with Crippen molar-refractivity contribution in [2.75, 3.05) is 0 Å². The molecule has 0 fully saturated rings. The van der Waals surface area contributed by atoms with Crippen LogP contribution in [0.1, 0.15) is 0 Å². The minimum Gasteiger partial charge on any atom is -0.456 e. The van der Waals surface area contributed by atoms with E-state index in [0.29, 0.717) is 0 Å². The molecule has 0 unspecified atom stereocenters. The largest absolute Gasteiger partial charge is 0.456 e. The van der Waals surface area contributed by atoms with Crippen LogP contribution in [0.2, 0.25) is 0 Å². The van der Waals surface area contributed by atoms with Gasteiger partial charge in [-0.3, -0.25) is 0 Å². The lowest BCUT2D eigenvalue weighted by Gasteiger charge is -2.28. The molecule has 8 aromatic carbocycles. The van der Waals surface area contributed by atoms with Gasteiger partial charge in [0.15, 0.2) is 0 Å². The van der Waals surface area contributed by atoms with E-state index < -0.39 is 0 Å². The molecule has 0 aliphatic carbocycles. The highest BCUT2D eigenvalue weighted by Crippen LogP contribution is 2.44. The third kappa shape index (κ3) is 5.04. The van der Waals surface area contributed by atoms with Gasteiger partial charge < -0.3 is 4.42 Å². The fourth-order valence-corrected chi connectivity index (χ4v) is 8.99. The van der Waals surface area contributed by atoms with E-state index in [4.69, 9.17) is 4.42 Å². The number of hydrogen-bond acceptors (Lipinski definition) is 1. The Bertz CT molecular complexity index is 2890. The molecule has 1 nitrogen and oxygen atoms in total. The monoisotopic (exact) mass is 668 g/mol. The molecule has 0 aliphatic rings. The van der Waals surface area contributed by atoms with Crippen LogP contribution in [0.25, 0.3) is 88.0 Å². The van der Waals surface area contributed by atoms with Gasteiger partial charge in [-0.25, -0.2) is 0 Å². The lowest BCUT2D eigenvalue weighted by molar-refractivity contribution is 0.669. The van der Waals surface area contributed by atoms with Crippen LogP contribution < -0.4 is 43.7 Å². The van der Waals surface area contributed by atoms with E-state index in [9.17, 15) is 0 Å². The Labute approximate surface area is 318 Å². The molecule has 9 aromatic rings. The van der Waals surface area contributed by atoms with E-state index >= 15 is 0 Å². The lowest BCUT2D eigenvalue weighted by atomic mass is 9.59. The maximum atomic E-state index is 6.15. The standard InChI is InChI=1S/C44H36B8O/c45-37-33-31(23-16-14-21(15-17-23)24-18-19-30-28(20-24)26-11-6-7-13-29(26)53-30)34-36(40(48)44(52)42(50)38(34)46)32(35(33)39(47)43(51)41(37)49)27-12-5-4-10-25(27)22-8-2-1-3-9-22/h1-20H,45-52H2. The zero-order valence-electron chi connectivity index (χ0n) is 32.0. The van der Waals surface area contributed by atoms with Gasteiger partial charge in [0.25, 0.3) is 0 Å². The zero-order chi connectivity index (χ0) is 36.7. The normalized spacial score (nSPS) is 11.6. The molecule has 0 radical (unpaired) electrons. The van der Waals surface area contributed by atoms with Crippen LogP contribution in [0.15, 0.2) is 126 Å². The zero-order valence-corrected chi connectivity index (χ0v) is 32.0. The van der Waals surface area contributed by atoms with Gasteiger partial charge in [0.2, 0.25) is 0 Å². The van der Waals surface area contributed by atoms with Crippen molar-refractivity contribution in [1.29, 1.82) is 0 Å². The molecule has 9 heteroatoms. The molecule has 0 saturated carbocycles. The smallest absolute Gasteiger partial charge is 0.139 e. The summed E-state index contributed by atoms with van der Waals surface area (Å²) in [5, 5.41) is 7.76. The Morgan fingerprint density at radius 1 is 0.302 bits per heavy atom. The number of hydrogen-bond donors (Lipinski definition) is 0. The summed E-state index contributed by atoms with van der Waals surface area (Å²) in [7, 11) is 18.6. The van der Waals surface area contributed by atoms with Crippen LogP contribution in [-0.4, -0.2) is 62.8 Å². The highest BCUT2D eigenvalue weighted by atomic mass is 16.3. The summed E-state index contributed by atoms with van der Waals surface area (Å²) in [4.78, 5) is 0. The van der Waals surface area contributed by atoms with E-state index in [2.05, 4.69) is 172 Å². The average Bonchev–Trinajstić information content (AvgIpc) is 3.58. The summed E-state index contributed by atoms with van der Waals surface area (Å²) in [5.41, 5.74) is 22.9. The third-order valence-electron chi connectivity index (χ3n) is 12.5. The summed E-state index contributed by atoms with van der Waals surface area (Å²) in [5.74, 6) is 0. The van der Waals surface area contributed by atoms with Gasteiger partial charge in [-0.15, -0.1) is 21.9 Å². The minimum absolute atomic E-state index is 0.923. The van der Waals surface area contributed by atoms with Crippen molar-refractivity contribution >= 4 is 150 Å². The molecule has 0 spiro atoms. The van der Waals surface area contributed by atoms with Crippen molar-refractivity contribution in [3.63, 3.8) is 0 Å². The van der Waals surface area contributed by atoms with Gasteiger partial charge in [0.05, 0.1) is 0 Å². The number of furan rings is 1. The van der Waals surface area contributed by atoms with E-state index in [1.54, 1.807) is 0 Å². The van der Waals surface area contributed by atoms with Gasteiger partial charge in [-0.05, 0) is 84.3 Å². The van der Waals surface area contributed by atoms with Crippen molar-refractivity contribution in [3.05, 3.63) is 121 Å². The Hall–Kier alpha value is -5.40. The number of para-hydroxylation sites is 1. The quantitative estimate of drug-likeness (QED) is 0.167. The molecule has 9 rings (SSSR count). The molecule has 0 amide bonds. The van der Waals surface area contributed by atoms with Crippen molar-refractivity contribution in [2.24, 2.45) is 0 Å². The first kappa shape index (κ1) is 33.4. The third-order valence-corrected chi connectivity index (χ3v) is 12.5. The number of benzene rings is 8. The maximum Gasteiger partial charge on any atom is 0.139 e. The van der Waals surface area contributed by atoms with Crippen LogP contribution in [0.5, 0.6) is 0 Å². The van der Waals surface area contributed by atoms with Crippen LogP contribution in [0, 0.1) is 0 Å². The molecule has 0 atom stereocenters. The number of rotatable bonds is 4. The summed E-state index contributed by atoms with van der Waals surface area (Å²) in [6, 6.07) is 44.1. The molecule has 53 heavy (non-hydrogen) atoms. The van der Waals surface area contributed by atoms with Crippen LogP contribution in [0.3, 0.4) is 0 Å². The summed E-state index contributed by atoms with van der Waals surface area (Å²) in [6.45, 7) is 0. The molecule has 0 N–H and O–H groups in total. The van der Waals surface area contributed by atoms with E-state index in [1.807, 2.05) is 12.1 Å². The Morgan fingerprint density at radius 2 is 0.755 bits per heavy atom. The maximum absolute atomic E-state index is 6.15. The summed E-state index contributed by atoms with van der Waals surface area (Å²) >= 11 is 0. The average molecular weight is 667 g/mol. The minimum atomic E-state index is 0.923. The van der Waals surface area contributed by atoms with Crippen molar-refractivity contribution in [3.8, 4) is 44.5 Å². The molecule has 0 aliphatic heterocycles. The SMILES string of the molecule is Bc1c(B)c(B)c2c(-c3ccccc3-c3ccccc3)c3c(B)c(B)c(B)c(B)c3c(-c3ccc(-c4ccc5oc6ccccc6c5c4)cc3)c2c1B. The van der Waals surface area contributed by atoms with Crippen LogP contribution in [-0.2, 0) is 0 Å². The second kappa shape index (κ2) is 12.6. The second-order valence-corrected chi connectivity index (χ2v) is 15.0. The molecule has 1 heterocycles. The molecular weight excluding hydrogens is 631 g/mol. The van der Waals surface area contributed by atoms with Gasteiger partial charge in [0, 0.05) is 10.8 Å². The fourth-order valence-electron chi connectivity index (χ4n) is 8.99. The van der Waals surface area contributed by atoms with Crippen LogP contribution >= 0.6 is 0 Å². The topological polar surface area (TPSA) is 13.1 Å². The molecular formula is C44H36B8O.